The standard InChI is InChI=1S/C24H45N5O.HI/c1-3-25-24(26-14-7-8-15-28-16-11-20(2)12-17-28)27-22-13-18-29(19-22)23(30)21-9-5-4-6-10-21;/h20-22H,3-19H2,1-2H3,(H2,25,26,27);1H. The van der Waals surface area contributed by atoms with Crippen LogP contribution in [0.25, 0.3) is 0 Å². The van der Waals surface area contributed by atoms with Crippen molar-refractivity contribution in [2.24, 2.45) is 16.8 Å². The first-order chi connectivity index (χ1) is 14.7. The summed E-state index contributed by atoms with van der Waals surface area (Å²) in [5.41, 5.74) is 0. The molecule has 0 spiro atoms. The predicted octanol–water partition coefficient (Wildman–Crippen LogP) is 3.85. The number of unbranched alkanes of at least 4 members (excludes halogenated alkanes) is 1. The number of halogens is 1. The number of rotatable bonds is 8. The summed E-state index contributed by atoms with van der Waals surface area (Å²) in [6, 6.07) is 0.325. The second-order valence-corrected chi connectivity index (χ2v) is 9.74. The largest absolute Gasteiger partial charge is 0.357 e. The van der Waals surface area contributed by atoms with Crippen LogP contribution in [-0.2, 0) is 4.79 Å². The molecular weight excluding hydrogens is 501 g/mol. The Labute approximate surface area is 207 Å². The van der Waals surface area contributed by atoms with E-state index in [1.54, 1.807) is 0 Å². The quantitative estimate of drug-likeness (QED) is 0.210. The van der Waals surface area contributed by atoms with E-state index >= 15 is 0 Å². The lowest BCUT2D eigenvalue weighted by Crippen LogP contribution is -2.45. The molecular formula is C24H46IN5O. The highest BCUT2D eigenvalue weighted by molar-refractivity contribution is 14.0. The van der Waals surface area contributed by atoms with Crippen LogP contribution in [0.15, 0.2) is 4.99 Å². The number of carbonyl (C=O) groups excluding carboxylic acids is 1. The Kier molecular flexibility index (Phi) is 12.5. The lowest BCUT2D eigenvalue weighted by Gasteiger charge is -2.30. The molecule has 1 unspecified atom stereocenters. The van der Waals surface area contributed by atoms with Crippen molar-refractivity contribution in [3.05, 3.63) is 0 Å². The van der Waals surface area contributed by atoms with E-state index in [1.807, 2.05) is 0 Å². The number of nitrogens with zero attached hydrogens (tertiary/aromatic N) is 3. The van der Waals surface area contributed by atoms with Gasteiger partial charge in [0.25, 0.3) is 0 Å². The molecule has 31 heavy (non-hydrogen) atoms. The average Bonchev–Trinajstić information content (AvgIpc) is 3.23. The van der Waals surface area contributed by atoms with Gasteiger partial charge in [0, 0.05) is 38.1 Å². The number of hydrogen-bond acceptors (Lipinski definition) is 3. The number of guanidine groups is 1. The number of hydrogen-bond donors (Lipinski definition) is 2. The van der Waals surface area contributed by atoms with E-state index in [9.17, 15) is 4.79 Å². The molecule has 2 saturated heterocycles. The van der Waals surface area contributed by atoms with Crippen molar-refractivity contribution in [1.82, 2.24) is 20.4 Å². The Morgan fingerprint density at radius 1 is 1.00 bits per heavy atom. The fourth-order valence-corrected chi connectivity index (χ4v) is 5.12. The molecule has 0 aromatic carbocycles. The van der Waals surface area contributed by atoms with Crippen LogP contribution in [0.5, 0.6) is 0 Å². The molecule has 0 aromatic heterocycles. The van der Waals surface area contributed by atoms with E-state index in [0.717, 1.165) is 63.7 Å². The number of nitrogens with one attached hydrogen (secondary N) is 2. The van der Waals surface area contributed by atoms with E-state index in [0.29, 0.717) is 11.9 Å². The maximum absolute atomic E-state index is 12.8. The monoisotopic (exact) mass is 547 g/mol. The minimum atomic E-state index is 0. The minimum absolute atomic E-state index is 0. The van der Waals surface area contributed by atoms with Gasteiger partial charge < -0.3 is 20.4 Å². The normalized spacial score (nSPS) is 24.1. The first-order valence-electron chi connectivity index (χ1n) is 12.7. The zero-order valence-electron chi connectivity index (χ0n) is 19.9. The zero-order chi connectivity index (χ0) is 21.2. The highest BCUT2D eigenvalue weighted by atomic mass is 127. The van der Waals surface area contributed by atoms with Crippen LogP contribution in [0.2, 0.25) is 0 Å². The molecule has 3 aliphatic rings. The SMILES string of the molecule is CCNC(=NCCCCN1CCC(C)CC1)NC1CCN(C(=O)C2CCCCC2)C1.I. The van der Waals surface area contributed by atoms with Gasteiger partial charge in [-0.3, -0.25) is 9.79 Å². The average molecular weight is 548 g/mol. The molecule has 1 saturated carbocycles. The number of carbonyl (C=O) groups is 1. The summed E-state index contributed by atoms with van der Waals surface area (Å²) in [5, 5.41) is 6.97. The third-order valence-electron chi connectivity index (χ3n) is 7.17. The molecule has 2 aliphatic heterocycles. The van der Waals surface area contributed by atoms with E-state index in [-0.39, 0.29) is 29.9 Å². The Morgan fingerprint density at radius 3 is 2.45 bits per heavy atom. The first-order valence-corrected chi connectivity index (χ1v) is 12.7. The number of likely N-dealkylation sites (tertiary alicyclic amines) is 2. The van der Waals surface area contributed by atoms with Crippen molar-refractivity contribution in [3.8, 4) is 0 Å². The van der Waals surface area contributed by atoms with Crippen molar-refractivity contribution >= 4 is 35.8 Å². The van der Waals surface area contributed by atoms with E-state index in [4.69, 9.17) is 4.99 Å². The Balaban J connectivity index is 0.00000341. The highest BCUT2D eigenvalue weighted by Crippen LogP contribution is 2.26. The van der Waals surface area contributed by atoms with Crippen LogP contribution in [0, 0.1) is 11.8 Å². The summed E-state index contributed by atoms with van der Waals surface area (Å²) in [5.74, 6) is 2.50. The summed E-state index contributed by atoms with van der Waals surface area (Å²) < 4.78 is 0. The number of piperidine rings is 1. The minimum Gasteiger partial charge on any atom is -0.357 e. The van der Waals surface area contributed by atoms with Crippen molar-refractivity contribution in [1.29, 1.82) is 0 Å². The molecule has 0 aromatic rings. The number of aliphatic imine (C=N–C) groups is 1. The van der Waals surface area contributed by atoms with Gasteiger partial charge in [0.15, 0.2) is 5.96 Å². The molecule has 3 rings (SSSR count). The molecule has 1 atom stereocenters. The summed E-state index contributed by atoms with van der Waals surface area (Å²) in [6.45, 7) is 11.7. The fraction of sp³-hybridized carbons (Fsp3) is 0.917. The second kappa shape index (κ2) is 14.6. The zero-order valence-corrected chi connectivity index (χ0v) is 22.2. The predicted molar refractivity (Wildman–Crippen MR) is 140 cm³/mol. The summed E-state index contributed by atoms with van der Waals surface area (Å²) in [6.07, 6.45) is 12.0. The summed E-state index contributed by atoms with van der Waals surface area (Å²) >= 11 is 0. The van der Waals surface area contributed by atoms with Crippen LogP contribution in [-0.4, -0.2) is 73.5 Å². The van der Waals surface area contributed by atoms with Crippen LogP contribution < -0.4 is 10.6 Å². The molecule has 0 radical (unpaired) electrons. The van der Waals surface area contributed by atoms with Crippen LogP contribution in [0.3, 0.4) is 0 Å². The Bertz CT molecular complexity index is 544. The van der Waals surface area contributed by atoms with Crippen molar-refractivity contribution < 1.29 is 4.79 Å². The molecule has 2 N–H and O–H groups in total. The summed E-state index contributed by atoms with van der Waals surface area (Å²) in [4.78, 5) is 22.3. The second-order valence-electron chi connectivity index (χ2n) is 9.74. The van der Waals surface area contributed by atoms with Gasteiger partial charge in [0.05, 0.1) is 0 Å². The molecule has 6 nitrogen and oxygen atoms in total. The molecule has 2 heterocycles. The van der Waals surface area contributed by atoms with Gasteiger partial charge in [0.2, 0.25) is 5.91 Å². The third-order valence-corrected chi connectivity index (χ3v) is 7.17. The van der Waals surface area contributed by atoms with Gasteiger partial charge in [-0.15, -0.1) is 24.0 Å². The highest BCUT2D eigenvalue weighted by Gasteiger charge is 2.31. The van der Waals surface area contributed by atoms with Crippen molar-refractivity contribution in [2.45, 2.75) is 84.1 Å². The molecule has 7 heteroatoms. The topological polar surface area (TPSA) is 60.0 Å². The van der Waals surface area contributed by atoms with E-state index in [1.165, 1.54) is 58.2 Å². The molecule has 1 amide bonds. The molecule has 0 bridgehead atoms. The van der Waals surface area contributed by atoms with Crippen molar-refractivity contribution in [2.75, 3.05) is 45.8 Å². The van der Waals surface area contributed by atoms with Gasteiger partial charge in [-0.1, -0.05) is 26.2 Å². The molecule has 1 aliphatic carbocycles. The van der Waals surface area contributed by atoms with Gasteiger partial charge in [0.1, 0.15) is 0 Å². The molecule has 3 fully saturated rings. The maximum atomic E-state index is 12.8. The van der Waals surface area contributed by atoms with Crippen molar-refractivity contribution in [3.63, 3.8) is 0 Å². The Morgan fingerprint density at radius 2 is 1.74 bits per heavy atom. The van der Waals surface area contributed by atoms with E-state index in [2.05, 4.69) is 34.3 Å². The maximum Gasteiger partial charge on any atom is 0.225 e. The van der Waals surface area contributed by atoms with E-state index < -0.39 is 0 Å². The van der Waals surface area contributed by atoms with Crippen LogP contribution in [0.4, 0.5) is 0 Å². The lowest BCUT2D eigenvalue weighted by molar-refractivity contribution is -0.135. The van der Waals surface area contributed by atoms with Crippen LogP contribution >= 0.6 is 24.0 Å². The Hall–Kier alpha value is -0.570. The number of amides is 1. The molecule has 180 valence electrons. The van der Waals surface area contributed by atoms with Gasteiger partial charge in [-0.25, -0.2) is 0 Å². The first kappa shape index (κ1) is 26.7. The third kappa shape index (κ3) is 9.06. The summed E-state index contributed by atoms with van der Waals surface area (Å²) in [7, 11) is 0. The van der Waals surface area contributed by atoms with Gasteiger partial charge >= 0.3 is 0 Å². The smallest absolute Gasteiger partial charge is 0.225 e. The van der Waals surface area contributed by atoms with Gasteiger partial charge in [-0.2, -0.15) is 0 Å². The fourth-order valence-electron chi connectivity index (χ4n) is 5.12. The van der Waals surface area contributed by atoms with Crippen LogP contribution in [0.1, 0.15) is 78.1 Å². The van der Waals surface area contributed by atoms with Gasteiger partial charge in [-0.05, 0) is 77.4 Å². The lowest BCUT2D eigenvalue weighted by atomic mass is 9.88.